The van der Waals surface area contributed by atoms with Gasteiger partial charge in [-0.1, -0.05) is 37.6 Å². The zero-order valence-corrected chi connectivity index (χ0v) is 12.2. The average molecular weight is 257 g/mol. The first-order valence-electron chi connectivity index (χ1n) is 8.21. The van der Waals surface area contributed by atoms with Gasteiger partial charge < -0.3 is 5.32 Å². The fourth-order valence-electron chi connectivity index (χ4n) is 3.91. The summed E-state index contributed by atoms with van der Waals surface area (Å²) in [6, 6.07) is 9.90. The topological polar surface area (TPSA) is 12.0 Å². The molecule has 0 aromatic heterocycles. The van der Waals surface area contributed by atoms with Gasteiger partial charge in [0.25, 0.3) is 0 Å². The Balaban J connectivity index is 1.81. The van der Waals surface area contributed by atoms with Crippen molar-refractivity contribution in [2.45, 2.75) is 63.8 Å². The van der Waals surface area contributed by atoms with Crippen LogP contribution in [0.15, 0.2) is 24.3 Å². The van der Waals surface area contributed by atoms with Gasteiger partial charge in [-0.2, -0.15) is 0 Å². The van der Waals surface area contributed by atoms with Crippen molar-refractivity contribution in [3.63, 3.8) is 0 Å². The number of aryl methyl sites for hydroxylation is 1. The van der Waals surface area contributed by atoms with Crippen molar-refractivity contribution in [3.05, 3.63) is 35.4 Å². The molecule has 1 aromatic rings. The Morgan fingerprint density at radius 3 is 2.74 bits per heavy atom. The van der Waals surface area contributed by atoms with Crippen LogP contribution in [-0.2, 0) is 6.42 Å². The maximum Gasteiger partial charge on any atom is 0.0164 e. The number of hydrogen-bond acceptors (Lipinski definition) is 1. The monoisotopic (exact) mass is 257 g/mol. The molecule has 1 saturated carbocycles. The largest absolute Gasteiger partial charge is 0.313 e. The van der Waals surface area contributed by atoms with E-state index in [0.717, 1.165) is 17.9 Å². The van der Waals surface area contributed by atoms with Crippen LogP contribution >= 0.6 is 0 Å². The fraction of sp³-hybridized carbons (Fsp3) is 0.667. The molecule has 0 heterocycles. The van der Waals surface area contributed by atoms with E-state index in [0.29, 0.717) is 0 Å². The molecule has 0 spiro atoms. The van der Waals surface area contributed by atoms with E-state index in [-0.39, 0.29) is 0 Å². The van der Waals surface area contributed by atoms with Gasteiger partial charge in [-0.25, -0.2) is 0 Å². The summed E-state index contributed by atoms with van der Waals surface area (Å²) in [5, 5.41) is 3.88. The van der Waals surface area contributed by atoms with Crippen LogP contribution in [0.2, 0.25) is 0 Å². The molecule has 1 aromatic carbocycles. The number of rotatable bonds is 5. The average Bonchev–Trinajstić information content (AvgIpc) is 2.41. The first-order chi connectivity index (χ1) is 9.40. The summed E-state index contributed by atoms with van der Waals surface area (Å²) >= 11 is 0. The lowest BCUT2D eigenvalue weighted by molar-refractivity contribution is 0.194. The van der Waals surface area contributed by atoms with Gasteiger partial charge in [-0.05, 0) is 68.0 Å². The minimum atomic E-state index is 0.732. The fourth-order valence-corrected chi connectivity index (χ4v) is 3.91. The number of benzene rings is 1. The predicted molar refractivity (Wildman–Crippen MR) is 81.5 cm³/mol. The highest BCUT2D eigenvalue weighted by molar-refractivity contribution is 5.34. The normalized spacial score (nSPS) is 24.6. The van der Waals surface area contributed by atoms with Crippen LogP contribution < -0.4 is 5.32 Å². The van der Waals surface area contributed by atoms with Crippen molar-refractivity contribution < 1.29 is 0 Å². The lowest BCUT2D eigenvalue weighted by Crippen LogP contribution is -2.45. The molecule has 0 radical (unpaired) electrons. The Hall–Kier alpha value is -0.820. The summed E-state index contributed by atoms with van der Waals surface area (Å²) in [5.41, 5.74) is 3.26. The summed E-state index contributed by atoms with van der Waals surface area (Å²) in [5.74, 6) is 1.70. The van der Waals surface area contributed by atoms with Gasteiger partial charge in [-0.3, -0.25) is 0 Å². The molecule has 1 N–H and O–H groups in total. The van der Waals surface area contributed by atoms with E-state index in [4.69, 9.17) is 0 Å². The minimum Gasteiger partial charge on any atom is -0.313 e. The second-order valence-electron chi connectivity index (χ2n) is 6.37. The zero-order valence-electron chi connectivity index (χ0n) is 12.2. The summed E-state index contributed by atoms with van der Waals surface area (Å²) in [6.07, 6.45) is 9.63. The molecule has 0 aliphatic heterocycles. The van der Waals surface area contributed by atoms with Gasteiger partial charge in [0, 0.05) is 6.04 Å². The van der Waals surface area contributed by atoms with Crippen LogP contribution in [0.3, 0.4) is 0 Å². The lowest BCUT2D eigenvalue weighted by atomic mass is 9.69. The molecule has 2 atom stereocenters. The predicted octanol–water partition coefficient (Wildman–Crippen LogP) is 4.27. The molecule has 0 bridgehead atoms. The zero-order chi connectivity index (χ0) is 13.1. The third-order valence-corrected chi connectivity index (χ3v) is 5.14. The Labute approximate surface area is 117 Å². The van der Waals surface area contributed by atoms with Crippen LogP contribution in [0.4, 0.5) is 0 Å². The third-order valence-electron chi connectivity index (χ3n) is 5.14. The second-order valence-corrected chi connectivity index (χ2v) is 6.37. The summed E-state index contributed by atoms with van der Waals surface area (Å²) < 4.78 is 0. The van der Waals surface area contributed by atoms with Gasteiger partial charge >= 0.3 is 0 Å². The third kappa shape index (κ3) is 2.72. The van der Waals surface area contributed by atoms with Crippen molar-refractivity contribution in [3.8, 4) is 0 Å². The number of hydrogen-bond donors (Lipinski definition) is 1. The van der Waals surface area contributed by atoms with Crippen LogP contribution in [0.25, 0.3) is 0 Å². The molecule has 0 saturated heterocycles. The molecule has 104 valence electrons. The van der Waals surface area contributed by atoms with Crippen molar-refractivity contribution in [2.75, 3.05) is 6.54 Å². The van der Waals surface area contributed by atoms with Crippen LogP contribution in [0.1, 0.15) is 62.5 Å². The van der Waals surface area contributed by atoms with Crippen LogP contribution in [0, 0.1) is 5.92 Å². The van der Waals surface area contributed by atoms with E-state index in [9.17, 15) is 0 Å². The van der Waals surface area contributed by atoms with E-state index in [1.54, 1.807) is 11.1 Å². The van der Waals surface area contributed by atoms with Crippen LogP contribution in [0.5, 0.6) is 0 Å². The number of fused-ring (bicyclic) bond motifs is 1. The van der Waals surface area contributed by atoms with Crippen LogP contribution in [-0.4, -0.2) is 12.6 Å². The second kappa shape index (κ2) is 6.09. The summed E-state index contributed by atoms with van der Waals surface area (Å²) in [4.78, 5) is 0. The van der Waals surface area contributed by atoms with Crippen molar-refractivity contribution in [2.24, 2.45) is 5.92 Å². The van der Waals surface area contributed by atoms with Crippen molar-refractivity contribution in [1.82, 2.24) is 5.32 Å². The minimum absolute atomic E-state index is 0.732. The summed E-state index contributed by atoms with van der Waals surface area (Å²) in [6.45, 7) is 3.46. The highest BCUT2D eigenvalue weighted by Crippen LogP contribution is 2.41. The van der Waals surface area contributed by atoms with E-state index >= 15 is 0 Å². The highest BCUT2D eigenvalue weighted by Gasteiger charge is 2.35. The van der Waals surface area contributed by atoms with Crippen molar-refractivity contribution in [1.29, 1.82) is 0 Å². The Morgan fingerprint density at radius 2 is 2.00 bits per heavy atom. The molecule has 2 unspecified atom stereocenters. The van der Waals surface area contributed by atoms with Crippen molar-refractivity contribution >= 4 is 0 Å². The standard InChI is InChI=1S/C18H27N/c1-2-13-19-18(15-9-5-10-15)17-12-6-8-14-7-3-4-11-16(14)17/h3-4,7,11,15,17-19H,2,5-6,8-10,12-13H2,1H3. The Kier molecular flexibility index (Phi) is 4.22. The SMILES string of the molecule is CCCNC(C1CCC1)C1CCCc2ccccc21. The first kappa shape index (κ1) is 13.2. The Bertz CT molecular complexity index is 408. The molecular weight excluding hydrogens is 230 g/mol. The molecule has 1 fully saturated rings. The first-order valence-corrected chi connectivity index (χ1v) is 8.21. The summed E-state index contributed by atoms with van der Waals surface area (Å²) in [7, 11) is 0. The van der Waals surface area contributed by atoms with E-state index in [2.05, 4.69) is 36.5 Å². The molecule has 19 heavy (non-hydrogen) atoms. The Morgan fingerprint density at radius 1 is 1.16 bits per heavy atom. The molecule has 1 heteroatoms. The van der Waals surface area contributed by atoms with Gasteiger partial charge in [0.2, 0.25) is 0 Å². The van der Waals surface area contributed by atoms with Gasteiger partial charge in [0.05, 0.1) is 0 Å². The smallest absolute Gasteiger partial charge is 0.0164 e. The maximum absolute atomic E-state index is 3.88. The van der Waals surface area contributed by atoms with E-state index < -0.39 is 0 Å². The number of nitrogens with one attached hydrogen (secondary N) is 1. The molecule has 2 aliphatic carbocycles. The van der Waals surface area contributed by atoms with Gasteiger partial charge in [-0.15, -0.1) is 0 Å². The highest BCUT2D eigenvalue weighted by atomic mass is 14.9. The maximum atomic E-state index is 3.88. The van der Waals surface area contributed by atoms with Gasteiger partial charge in [0.1, 0.15) is 0 Å². The molecule has 2 aliphatic rings. The van der Waals surface area contributed by atoms with Gasteiger partial charge in [0.15, 0.2) is 0 Å². The van der Waals surface area contributed by atoms with E-state index in [1.165, 1.54) is 51.5 Å². The molecule has 1 nitrogen and oxygen atoms in total. The molecular formula is C18H27N. The quantitative estimate of drug-likeness (QED) is 0.830. The molecule has 0 amide bonds. The lowest BCUT2D eigenvalue weighted by Gasteiger charge is -2.41. The molecule has 3 rings (SSSR count). The van der Waals surface area contributed by atoms with E-state index in [1.807, 2.05) is 0 Å².